The zero-order chi connectivity index (χ0) is 19.4. The molecule has 2 aromatic rings. The van der Waals surface area contributed by atoms with Gasteiger partial charge in [-0.25, -0.2) is 0 Å². The molecule has 0 bridgehead atoms. The van der Waals surface area contributed by atoms with E-state index in [-0.39, 0.29) is 11.9 Å². The van der Waals surface area contributed by atoms with Crippen LogP contribution in [0.25, 0.3) is 0 Å². The van der Waals surface area contributed by atoms with Gasteiger partial charge in [0.25, 0.3) is 5.91 Å². The minimum Gasteiger partial charge on any atom is -0.493 e. The number of carbonyl (C=O) groups is 1. The number of piperazine rings is 1. The number of hydrogen-bond donors (Lipinski definition) is 0. The summed E-state index contributed by atoms with van der Waals surface area (Å²) in [5, 5.41) is 0. The van der Waals surface area contributed by atoms with Crippen LogP contribution in [0, 0.1) is 0 Å². The average Bonchev–Trinajstić information content (AvgIpc) is 2.72. The summed E-state index contributed by atoms with van der Waals surface area (Å²) in [7, 11) is 6.73. The van der Waals surface area contributed by atoms with Crippen LogP contribution in [0.4, 0.5) is 0 Å². The number of methoxy groups -OCH3 is 3. The number of rotatable bonds is 5. The van der Waals surface area contributed by atoms with E-state index in [9.17, 15) is 4.79 Å². The predicted octanol–water partition coefficient (Wildman–Crippen LogP) is 2.84. The summed E-state index contributed by atoms with van der Waals surface area (Å²) >= 11 is 0. The average molecular weight is 370 g/mol. The van der Waals surface area contributed by atoms with Crippen molar-refractivity contribution >= 4 is 5.91 Å². The molecule has 1 unspecified atom stereocenters. The maximum Gasteiger partial charge on any atom is 0.254 e. The summed E-state index contributed by atoms with van der Waals surface area (Å²) in [4.78, 5) is 17.6. The highest BCUT2D eigenvalue weighted by atomic mass is 16.5. The number of likely N-dealkylation sites (N-methyl/N-ethyl adjacent to an activating group) is 1. The van der Waals surface area contributed by atoms with Crippen molar-refractivity contribution in [2.24, 2.45) is 0 Å². The van der Waals surface area contributed by atoms with Crippen molar-refractivity contribution in [2.75, 3.05) is 48.0 Å². The fraction of sp³-hybridized carbons (Fsp3) is 0.381. The molecule has 1 saturated heterocycles. The molecule has 0 radical (unpaired) electrons. The van der Waals surface area contributed by atoms with Gasteiger partial charge in [0.05, 0.1) is 27.4 Å². The molecule has 1 heterocycles. The monoisotopic (exact) mass is 370 g/mol. The van der Waals surface area contributed by atoms with Crippen molar-refractivity contribution in [2.45, 2.75) is 6.04 Å². The fourth-order valence-corrected chi connectivity index (χ4v) is 3.49. The Morgan fingerprint density at radius 2 is 1.59 bits per heavy atom. The second-order valence-corrected chi connectivity index (χ2v) is 6.60. The summed E-state index contributed by atoms with van der Waals surface area (Å²) < 4.78 is 16.2. The van der Waals surface area contributed by atoms with Gasteiger partial charge in [-0.2, -0.15) is 0 Å². The summed E-state index contributed by atoms with van der Waals surface area (Å²) in [6.45, 7) is 2.28. The van der Waals surface area contributed by atoms with Crippen LogP contribution in [0.5, 0.6) is 17.2 Å². The minimum absolute atomic E-state index is 0.00320. The van der Waals surface area contributed by atoms with Crippen molar-refractivity contribution in [1.82, 2.24) is 9.80 Å². The van der Waals surface area contributed by atoms with E-state index in [1.54, 1.807) is 33.5 Å². The normalized spacial score (nSPS) is 17.5. The predicted molar refractivity (Wildman–Crippen MR) is 104 cm³/mol. The van der Waals surface area contributed by atoms with E-state index < -0.39 is 0 Å². The molecule has 6 heteroatoms. The highest BCUT2D eigenvalue weighted by Gasteiger charge is 2.31. The lowest BCUT2D eigenvalue weighted by atomic mass is 10.0. The molecule has 0 N–H and O–H groups in total. The van der Waals surface area contributed by atoms with Crippen LogP contribution in [0.3, 0.4) is 0 Å². The summed E-state index contributed by atoms with van der Waals surface area (Å²) in [6.07, 6.45) is 0. The lowest BCUT2D eigenvalue weighted by molar-refractivity contribution is 0.0497. The molecule has 1 aliphatic rings. The van der Waals surface area contributed by atoms with Crippen LogP contribution in [-0.2, 0) is 0 Å². The van der Waals surface area contributed by atoms with Crippen molar-refractivity contribution < 1.29 is 19.0 Å². The van der Waals surface area contributed by atoms with Gasteiger partial charge in [-0.1, -0.05) is 30.3 Å². The lowest BCUT2D eigenvalue weighted by Gasteiger charge is -2.40. The van der Waals surface area contributed by atoms with Gasteiger partial charge < -0.3 is 24.0 Å². The Morgan fingerprint density at radius 1 is 0.963 bits per heavy atom. The van der Waals surface area contributed by atoms with E-state index in [4.69, 9.17) is 14.2 Å². The molecule has 27 heavy (non-hydrogen) atoms. The Hall–Kier alpha value is -2.73. The molecule has 3 rings (SSSR count). The van der Waals surface area contributed by atoms with Crippen LogP contribution in [0.15, 0.2) is 42.5 Å². The molecule has 0 aliphatic carbocycles. The summed E-state index contributed by atoms with van der Waals surface area (Å²) in [5.74, 6) is 1.39. The Bertz CT molecular complexity index is 769. The zero-order valence-corrected chi connectivity index (χ0v) is 16.3. The molecule has 0 spiro atoms. The molecule has 144 valence electrons. The molecule has 1 aliphatic heterocycles. The second kappa shape index (κ2) is 8.31. The smallest absolute Gasteiger partial charge is 0.254 e. The Labute approximate surface area is 160 Å². The Kier molecular flexibility index (Phi) is 5.86. The van der Waals surface area contributed by atoms with E-state index >= 15 is 0 Å². The molecule has 6 nitrogen and oxygen atoms in total. The van der Waals surface area contributed by atoms with E-state index in [0.717, 1.165) is 18.7 Å². The van der Waals surface area contributed by atoms with E-state index in [1.165, 1.54) is 0 Å². The number of carbonyl (C=O) groups excluding carboxylic acids is 1. The maximum absolute atomic E-state index is 13.4. The van der Waals surface area contributed by atoms with Crippen molar-refractivity contribution in [3.63, 3.8) is 0 Å². The topological polar surface area (TPSA) is 51.2 Å². The first kappa shape index (κ1) is 19.0. The van der Waals surface area contributed by atoms with Gasteiger partial charge in [0.2, 0.25) is 5.75 Å². The van der Waals surface area contributed by atoms with Crippen molar-refractivity contribution in [3.05, 3.63) is 53.6 Å². The van der Waals surface area contributed by atoms with Gasteiger partial charge in [-0.3, -0.25) is 4.79 Å². The molecule has 2 aromatic carbocycles. The largest absolute Gasteiger partial charge is 0.493 e. The highest BCUT2D eigenvalue weighted by Crippen LogP contribution is 2.39. The first-order valence-corrected chi connectivity index (χ1v) is 8.93. The number of hydrogen-bond acceptors (Lipinski definition) is 5. The zero-order valence-electron chi connectivity index (χ0n) is 16.3. The number of nitrogens with zero attached hydrogens (tertiary/aromatic N) is 2. The first-order chi connectivity index (χ1) is 13.1. The van der Waals surface area contributed by atoms with Crippen LogP contribution in [-0.4, -0.2) is 63.7 Å². The van der Waals surface area contributed by atoms with Crippen LogP contribution in [0.1, 0.15) is 22.0 Å². The number of benzene rings is 2. The third kappa shape index (κ3) is 3.85. The lowest BCUT2D eigenvalue weighted by Crippen LogP contribution is -2.49. The molecular weight excluding hydrogens is 344 g/mol. The van der Waals surface area contributed by atoms with E-state index in [2.05, 4.69) is 24.1 Å². The third-order valence-corrected chi connectivity index (χ3v) is 4.94. The molecule has 1 atom stereocenters. The molecule has 1 amide bonds. The highest BCUT2D eigenvalue weighted by molar-refractivity contribution is 5.96. The van der Waals surface area contributed by atoms with Crippen molar-refractivity contribution in [1.29, 1.82) is 0 Å². The Balaban J connectivity index is 1.98. The van der Waals surface area contributed by atoms with Gasteiger partial charge >= 0.3 is 0 Å². The Morgan fingerprint density at radius 3 is 2.15 bits per heavy atom. The quantitative estimate of drug-likeness (QED) is 0.810. The van der Waals surface area contributed by atoms with Crippen molar-refractivity contribution in [3.8, 4) is 17.2 Å². The second-order valence-electron chi connectivity index (χ2n) is 6.60. The maximum atomic E-state index is 13.4. The molecule has 1 fully saturated rings. The van der Waals surface area contributed by atoms with Crippen LogP contribution >= 0.6 is 0 Å². The number of ether oxygens (including phenoxy) is 3. The van der Waals surface area contributed by atoms with Gasteiger partial charge in [0, 0.05) is 25.2 Å². The molecular formula is C21H26N2O4. The van der Waals surface area contributed by atoms with Gasteiger partial charge in [-0.15, -0.1) is 0 Å². The van der Waals surface area contributed by atoms with Crippen LogP contribution < -0.4 is 14.2 Å². The first-order valence-electron chi connectivity index (χ1n) is 8.93. The standard InChI is InChI=1S/C21H26N2O4/c1-22-10-11-23(17(14-22)15-8-6-5-7-9-15)21(24)16-12-18(25-2)20(27-4)19(13-16)26-3/h5-9,12-13,17H,10-11,14H2,1-4H3. The van der Waals surface area contributed by atoms with E-state index in [1.807, 2.05) is 23.1 Å². The SMILES string of the molecule is COc1cc(C(=O)N2CCN(C)CC2c2ccccc2)cc(OC)c1OC. The van der Waals surface area contributed by atoms with E-state index in [0.29, 0.717) is 29.4 Å². The van der Waals surface area contributed by atoms with Crippen LogP contribution in [0.2, 0.25) is 0 Å². The van der Waals surface area contributed by atoms with Gasteiger partial charge in [0.1, 0.15) is 0 Å². The summed E-state index contributed by atoms with van der Waals surface area (Å²) in [5.41, 5.74) is 1.65. The van der Waals surface area contributed by atoms with Gasteiger partial charge in [0.15, 0.2) is 11.5 Å². The molecule has 0 saturated carbocycles. The third-order valence-electron chi connectivity index (χ3n) is 4.94. The minimum atomic E-state index is -0.0452. The molecule has 0 aromatic heterocycles. The van der Waals surface area contributed by atoms with Gasteiger partial charge in [-0.05, 0) is 24.7 Å². The summed E-state index contributed by atoms with van der Waals surface area (Å²) in [6, 6.07) is 13.6. The number of amides is 1. The fourth-order valence-electron chi connectivity index (χ4n) is 3.49.